The number of benzene rings is 1. The quantitative estimate of drug-likeness (QED) is 0.425. The predicted molar refractivity (Wildman–Crippen MR) is 107 cm³/mol. The van der Waals surface area contributed by atoms with Gasteiger partial charge in [-0.3, -0.25) is 4.79 Å². The highest BCUT2D eigenvalue weighted by Crippen LogP contribution is 2.53. The summed E-state index contributed by atoms with van der Waals surface area (Å²) in [6.45, 7) is 6.49. The summed E-state index contributed by atoms with van der Waals surface area (Å²) in [5.74, 6) is 7.64. The summed E-state index contributed by atoms with van der Waals surface area (Å²) >= 11 is 7.69. The minimum Gasteiger partial charge on any atom is -0.508 e. The monoisotopic (exact) mass is 382 g/mol. The van der Waals surface area contributed by atoms with Crippen LogP contribution in [0.5, 0.6) is 5.75 Å². The molecule has 2 aliphatic rings. The number of aryl methyl sites for hydroxylation is 1. The number of phenolic OH excluding ortho intramolecular Hbond substituents is 1. The second kappa shape index (κ2) is 6.01. The molecule has 4 rings (SSSR count). The fourth-order valence-corrected chi connectivity index (χ4v) is 5.43. The number of thiophene rings is 1. The Balaban J connectivity index is 1.65. The lowest BCUT2D eigenvalue weighted by molar-refractivity contribution is 0.105. The number of fused-ring (bicyclic) bond motifs is 3. The first-order valence-electron chi connectivity index (χ1n) is 8.63. The molecular formula is C22H19ClO2S. The first-order chi connectivity index (χ1) is 12.3. The summed E-state index contributed by atoms with van der Waals surface area (Å²) in [4.78, 5) is 14.9. The van der Waals surface area contributed by atoms with Crippen molar-refractivity contribution in [3.8, 4) is 17.6 Å². The van der Waals surface area contributed by atoms with Crippen molar-refractivity contribution in [2.24, 2.45) is 11.3 Å². The Morgan fingerprint density at radius 3 is 2.92 bits per heavy atom. The molecule has 2 aliphatic carbocycles. The third kappa shape index (κ3) is 2.69. The van der Waals surface area contributed by atoms with Gasteiger partial charge in [0.1, 0.15) is 5.75 Å². The lowest BCUT2D eigenvalue weighted by Gasteiger charge is -2.24. The van der Waals surface area contributed by atoms with E-state index in [4.69, 9.17) is 11.6 Å². The van der Waals surface area contributed by atoms with Crippen molar-refractivity contribution in [3.63, 3.8) is 0 Å². The first kappa shape index (κ1) is 17.4. The Labute approximate surface area is 162 Å². The van der Waals surface area contributed by atoms with Gasteiger partial charge >= 0.3 is 0 Å². The van der Waals surface area contributed by atoms with Crippen molar-refractivity contribution in [1.29, 1.82) is 0 Å². The zero-order chi connectivity index (χ0) is 18.6. The van der Waals surface area contributed by atoms with Crippen LogP contribution in [-0.2, 0) is 6.42 Å². The largest absolute Gasteiger partial charge is 0.508 e. The molecule has 0 bridgehead atoms. The minimum absolute atomic E-state index is 0.00349. The second-order valence-electron chi connectivity index (χ2n) is 7.56. The molecule has 0 fully saturated rings. The van der Waals surface area contributed by atoms with E-state index in [1.807, 2.05) is 0 Å². The molecule has 4 heteroatoms. The average Bonchev–Trinajstić information content (AvgIpc) is 3.19. The Bertz CT molecular complexity index is 1020. The molecule has 26 heavy (non-hydrogen) atoms. The normalized spacial score (nSPS) is 22.2. The van der Waals surface area contributed by atoms with Gasteiger partial charge in [0, 0.05) is 10.3 Å². The van der Waals surface area contributed by atoms with E-state index in [2.05, 4.69) is 32.6 Å². The van der Waals surface area contributed by atoms with Gasteiger partial charge in [-0.2, -0.15) is 0 Å². The number of ketones is 1. The van der Waals surface area contributed by atoms with Gasteiger partial charge in [0.2, 0.25) is 0 Å². The van der Waals surface area contributed by atoms with Gasteiger partial charge in [0.25, 0.3) is 0 Å². The fraction of sp³-hybridized carbons (Fsp3) is 0.318. The van der Waals surface area contributed by atoms with Crippen LogP contribution in [0.15, 0.2) is 24.3 Å². The van der Waals surface area contributed by atoms with Crippen LogP contribution >= 0.6 is 22.9 Å². The smallest absolute Gasteiger partial charge is 0.196 e. The number of rotatable bonds is 3. The number of hydrogen-bond acceptors (Lipinski definition) is 3. The van der Waals surface area contributed by atoms with Gasteiger partial charge in [-0.15, -0.1) is 11.3 Å². The zero-order valence-electron chi connectivity index (χ0n) is 14.9. The zero-order valence-corrected chi connectivity index (χ0v) is 16.5. The molecule has 0 aliphatic heterocycles. The van der Waals surface area contributed by atoms with E-state index in [0.717, 1.165) is 11.3 Å². The molecule has 0 unspecified atom stereocenters. The summed E-state index contributed by atoms with van der Waals surface area (Å²) in [5, 5.41) is 9.86. The molecular weight excluding hydrogens is 364 g/mol. The topological polar surface area (TPSA) is 37.3 Å². The Kier molecular flexibility index (Phi) is 4.02. The minimum atomic E-state index is 0.00349. The lowest BCUT2D eigenvalue weighted by Crippen LogP contribution is -2.21. The first-order valence-corrected chi connectivity index (χ1v) is 9.83. The molecule has 0 radical (unpaired) electrons. The van der Waals surface area contributed by atoms with Crippen LogP contribution in [0, 0.1) is 30.1 Å². The van der Waals surface area contributed by atoms with Crippen molar-refractivity contribution < 1.29 is 9.90 Å². The van der Waals surface area contributed by atoms with E-state index < -0.39 is 0 Å². The van der Waals surface area contributed by atoms with Crippen molar-refractivity contribution in [2.75, 3.05) is 0 Å². The predicted octanol–water partition coefficient (Wildman–Crippen LogP) is 5.61. The van der Waals surface area contributed by atoms with Gasteiger partial charge in [0.05, 0.1) is 15.8 Å². The third-order valence-corrected chi connectivity index (χ3v) is 6.98. The molecule has 1 aromatic carbocycles. The maximum absolute atomic E-state index is 12.8. The highest BCUT2D eigenvalue weighted by Gasteiger charge is 2.46. The summed E-state index contributed by atoms with van der Waals surface area (Å²) in [7, 11) is 0. The molecule has 0 spiro atoms. The molecule has 0 saturated carbocycles. The number of carbonyl (C=O) groups is 1. The van der Waals surface area contributed by atoms with E-state index in [-0.39, 0.29) is 22.9 Å². The van der Waals surface area contributed by atoms with E-state index >= 15 is 0 Å². The molecule has 0 saturated heterocycles. The summed E-state index contributed by atoms with van der Waals surface area (Å²) in [5.41, 5.74) is 3.20. The van der Waals surface area contributed by atoms with Crippen molar-refractivity contribution in [2.45, 2.75) is 33.1 Å². The van der Waals surface area contributed by atoms with Crippen LogP contribution in [0.3, 0.4) is 0 Å². The molecule has 2 atom stereocenters. The number of phenols is 1. The highest BCUT2D eigenvalue weighted by molar-refractivity contribution is 7.14. The highest BCUT2D eigenvalue weighted by atomic mass is 35.5. The summed E-state index contributed by atoms with van der Waals surface area (Å²) in [6.07, 6.45) is 4.20. The van der Waals surface area contributed by atoms with Crippen LogP contribution < -0.4 is 0 Å². The van der Waals surface area contributed by atoms with Gasteiger partial charge in [-0.05, 0) is 80.2 Å². The maximum atomic E-state index is 12.8. The molecule has 0 amide bonds. The van der Waals surface area contributed by atoms with Crippen LogP contribution in [0.1, 0.15) is 51.0 Å². The Morgan fingerprint density at radius 2 is 2.19 bits per heavy atom. The van der Waals surface area contributed by atoms with E-state index in [1.165, 1.54) is 22.1 Å². The molecule has 1 aromatic heterocycles. The van der Waals surface area contributed by atoms with E-state index in [1.54, 1.807) is 35.6 Å². The molecule has 2 aromatic rings. The third-order valence-electron chi connectivity index (χ3n) is 5.47. The molecule has 1 N–H and O–H groups in total. The van der Waals surface area contributed by atoms with Gasteiger partial charge in [-0.1, -0.05) is 23.4 Å². The lowest BCUT2D eigenvalue weighted by atomic mass is 9.78. The Hall–Kier alpha value is -2.02. The second-order valence-corrected chi connectivity index (χ2v) is 9.19. The average molecular weight is 383 g/mol. The van der Waals surface area contributed by atoms with Crippen LogP contribution in [0.25, 0.3) is 6.08 Å². The van der Waals surface area contributed by atoms with Crippen LogP contribution in [-0.4, -0.2) is 10.9 Å². The molecule has 132 valence electrons. The summed E-state index contributed by atoms with van der Waals surface area (Å²) < 4.78 is 0. The number of halogens is 1. The number of aromatic hydroxyl groups is 1. The molecule has 1 heterocycles. The van der Waals surface area contributed by atoms with Gasteiger partial charge in [-0.25, -0.2) is 0 Å². The van der Waals surface area contributed by atoms with Gasteiger partial charge < -0.3 is 5.11 Å². The SMILES string of the molecule is Cc1sc(C(=O)/C=C/c2ccc(O)cc2Cl)c2c1[C@@H]1C#CC(C)(C)[C@@H]1C2. The standard InChI is InChI=1S/C22H19ClO2S/c1-12-20-15-8-9-22(2,3)17(15)11-16(20)21(26-12)19(25)7-5-13-4-6-14(24)10-18(13)23/h4-7,10,15,17,24H,11H2,1-3H3/b7-5+/t15-,17-/m1/s1. The maximum Gasteiger partial charge on any atom is 0.196 e. The van der Waals surface area contributed by atoms with Crippen molar-refractivity contribution >= 4 is 34.8 Å². The summed E-state index contributed by atoms with van der Waals surface area (Å²) in [6, 6.07) is 4.74. The van der Waals surface area contributed by atoms with Gasteiger partial charge in [0.15, 0.2) is 5.78 Å². The number of carbonyl (C=O) groups excluding carboxylic acids is 1. The Morgan fingerprint density at radius 1 is 1.42 bits per heavy atom. The van der Waals surface area contributed by atoms with Crippen molar-refractivity contribution in [1.82, 2.24) is 0 Å². The number of hydrogen-bond donors (Lipinski definition) is 1. The van der Waals surface area contributed by atoms with E-state index in [9.17, 15) is 9.90 Å². The van der Waals surface area contributed by atoms with E-state index in [0.29, 0.717) is 16.5 Å². The number of allylic oxidation sites excluding steroid dienone is 1. The fourth-order valence-electron chi connectivity index (χ4n) is 4.05. The molecule has 2 nitrogen and oxygen atoms in total. The van der Waals surface area contributed by atoms with Crippen LogP contribution in [0.4, 0.5) is 0 Å². The van der Waals surface area contributed by atoms with Crippen molar-refractivity contribution in [3.05, 3.63) is 55.7 Å². The van der Waals surface area contributed by atoms with Crippen LogP contribution in [0.2, 0.25) is 5.02 Å².